The first-order valence-corrected chi connectivity index (χ1v) is 7.22. The molecule has 2 aliphatic rings. The molecule has 0 aromatic carbocycles. The van der Waals surface area contributed by atoms with E-state index < -0.39 is 0 Å². The first kappa shape index (κ1) is 14.3. The van der Waals surface area contributed by atoms with Gasteiger partial charge in [0.25, 0.3) is 0 Å². The van der Waals surface area contributed by atoms with Gasteiger partial charge in [-0.2, -0.15) is 0 Å². The highest BCUT2D eigenvalue weighted by Gasteiger charge is 2.22. The normalized spacial score (nSPS) is 25.2. The summed E-state index contributed by atoms with van der Waals surface area (Å²) >= 11 is 0. The van der Waals surface area contributed by atoms with Crippen LogP contribution in [-0.4, -0.2) is 48.6 Å². The lowest BCUT2D eigenvalue weighted by molar-refractivity contribution is -0.120. The molecule has 1 atom stereocenters. The van der Waals surface area contributed by atoms with Crippen LogP contribution >= 0.6 is 0 Å². The fourth-order valence-electron chi connectivity index (χ4n) is 2.84. The Bertz CT molecular complexity index is 312. The van der Waals surface area contributed by atoms with Crippen LogP contribution in [0.15, 0.2) is 0 Å². The molecule has 6 heteroatoms. The summed E-state index contributed by atoms with van der Waals surface area (Å²) in [5, 5.41) is 5.27. The van der Waals surface area contributed by atoms with Crippen LogP contribution in [0.25, 0.3) is 0 Å². The molecular weight excluding hydrogens is 244 g/mol. The van der Waals surface area contributed by atoms with Crippen molar-refractivity contribution >= 4 is 11.9 Å². The summed E-state index contributed by atoms with van der Waals surface area (Å²) in [6.45, 7) is 1.82. The van der Waals surface area contributed by atoms with Crippen molar-refractivity contribution in [2.75, 3.05) is 19.6 Å². The third-order valence-corrected chi connectivity index (χ3v) is 3.87. The second-order valence-electron chi connectivity index (χ2n) is 5.64. The molecule has 0 aromatic heterocycles. The van der Waals surface area contributed by atoms with Gasteiger partial charge in [-0.05, 0) is 19.3 Å². The maximum Gasteiger partial charge on any atom is 0.321 e. The molecule has 2 fully saturated rings. The smallest absolute Gasteiger partial charge is 0.321 e. The van der Waals surface area contributed by atoms with Gasteiger partial charge in [0.1, 0.15) is 0 Å². The molecule has 3 amide bonds. The zero-order valence-electron chi connectivity index (χ0n) is 11.4. The molecule has 4 N–H and O–H groups in total. The Balaban J connectivity index is 1.65. The van der Waals surface area contributed by atoms with Crippen LogP contribution in [0.4, 0.5) is 4.79 Å². The minimum atomic E-state index is -0.361. The summed E-state index contributed by atoms with van der Waals surface area (Å²) in [6.07, 6.45) is 6.51. The van der Waals surface area contributed by atoms with Crippen molar-refractivity contribution in [3.8, 4) is 0 Å². The number of amides is 3. The van der Waals surface area contributed by atoms with Crippen molar-refractivity contribution in [2.45, 2.75) is 50.6 Å². The van der Waals surface area contributed by atoms with Gasteiger partial charge in [0.05, 0.1) is 6.54 Å². The summed E-state index contributed by atoms with van der Waals surface area (Å²) in [5.74, 6) is -0.248. The van der Waals surface area contributed by atoms with E-state index >= 15 is 0 Å². The van der Waals surface area contributed by atoms with E-state index in [-0.39, 0.29) is 30.6 Å². The highest BCUT2D eigenvalue weighted by molar-refractivity contribution is 5.95. The SMILES string of the molecule is NC1CCN(CC(=O)NC(=O)NC2CCCCC2)C1. The van der Waals surface area contributed by atoms with Crippen molar-refractivity contribution in [3.05, 3.63) is 0 Å². The number of likely N-dealkylation sites (tertiary alicyclic amines) is 1. The Hall–Kier alpha value is -1.14. The van der Waals surface area contributed by atoms with Gasteiger partial charge in [-0.15, -0.1) is 0 Å². The van der Waals surface area contributed by atoms with Crippen LogP contribution in [0, 0.1) is 0 Å². The van der Waals surface area contributed by atoms with Gasteiger partial charge in [-0.25, -0.2) is 4.79 Å². The second-order valence-corrected chi connectivity index (χ2v) is 5.64. The van der Waals surface area contributed by atoms with Crippen molar-refractivity contribution in [1.82, 2.24) is 15.5 Å². The van der Waals surface area contributed by atoms with Crippen molar-refractivity contribution in [1.29, 1.82) is 0 Å². The molecule has 0 radical (unpaired) electrons. The Morgan fingerprint density at radius 2 is 1.89 bits per heavy atom. The molecule has 1 aliphatic carbocycles. The molecule has 1 aliphatic heterocycles. The van der Waals surface area contributed by atoms with Gasteiger partial charge in [0.2, 0.25) is 5.91 Å². The molecule has 1 heterocycles. The van der Waals surface area contributed by atoms with Crippen LogP contribution in [0.1, 0.15) is 38.5 Å². The van der Waals surface area contributed by atoms with Crippen LogP contribution in [-0.2, 0) is 4.79 Å². The molecule has 1 saturated carbocycles. The number of nitrogens with two attached hydrogens (primary N) is 1. The van der Waals surface area contributed by atoms with Gasteiger partial charge in [0, 0.05) is 25.2 Å². The molecule has 0 bridgehead atoms. The molecular formula is C13H24N4O2. The van der Waals surface area contributed by atoms with E-state index in [0.29, 0.717) is 0 Å². The van der Waals surface area contributed by atoms with Gasteiger partial charge in [-0.3, -0.25) is 15.0 Å². The predicted molar refractivity (Wildman–Crippen MR) is 72.6 cm³/mol. The molecule has 1 unspecified atom stereocenters. The van der Waals surface area contributed by atoms with E-state index in [4.69, 9.17) is 5.73 Å². The standard InChI is InChI=1S/C13H24N4O2/c14-10-6-7-17(8-10)9-12(18)16-13(19)15-11-4-2-1-3-5-11/h10-11H,1-9,14H2,(H2,15,16,18,19). The Labute approximate surface area is 114 Å². The number of imide groups is 1. The van der Waals surface area contributed by atoms with Crippen LogP contribution in [0.2, 0.25) is 0 Å². The monoisotopic (exact) mass is 268 g/mol. The van der Waals surface area contributed by atoms with Crippen molar-refractivity contribution in [3.63, 3.8) is 0 Å². The summed E-state index contributed by atoms with van der Waals surface area (Å²) < 4.78 is 0. The van der Waals surface area contributed by atoms with Crippen molar-refractivity contribution < 1.29 is 9.59 Å². The van der Waals surface area contributed by atoms with E-state index in [1.54, 1.807) is 0 Å². The first-order chi connectivity index (χ1) is 9.13. The average molecular weight is 268 g/mol. The van der Waals surface area contributed by atoms with E-state index in [9.17, 15) is 9.59 Å². The summed E-state index contributed by atoms with van der Waals surface area (Å²) in [7, 11) is 0. The number of hydrogen-bond acceptors (Lipinski definition) is 4. The van der Waals surface area contributed by atoms with E-state index in [1.165, 1.54) is 6.42 Å². The lowest BCUT2D eigenvalue weighted by Gasteiger charge is -2.23. The molecule has 1 saturated heterocycles. The van der Waals surface area contributed by atoms with E-state index in [1.807, 2.05) is 4.90 Å². The molecule has 2 rings (SSSR count). The predicted octanol–water partition coefficient (Wildman–Crippen LogP) is 0.178. The summed E-state index contributed by atoms with van der Waals surface area (Å²) in [6, 6.07) is 0.0195. The largest absolute Gasteiger partial charge is 0.335 e. The number of carbonyl (C=O) groups excluding carboxylic acids is 2. The first-order valence-electron chi connectivity index (χ1n) is 7.22. The van der Waals surface area contributed by atoms with E-state index in [0.717, 1.165) is 45.2 Å². The second kappa shape index (κ2) is 6.86. The number of carbonyl (C=O) groups is 2. The lowest BCUT2D eigenvalue weighted by atomic mass is 9.96. The fourth-order valence-corrected chi connectivity index (χ4v) is 2.84. The third kappa shape index (κ3) is 4.80. The molecule has 0 aromatic rings. The number of rotatable bonds is 3. The van der Waals surface area contributed by atoms with Gasteiger partial charge in [0.15, 0.2) is 0 Å². The number of nitrogens with zero attached hydrogens (tertiary/aromatic N) is 1. The molecule has 108 valence electrons. The highest BCUT2D eigenvalue weighted by Crippen LogP contribution is 2.17. The fraction of sp³-hybridized carbons (Fsp3) is 0.846. The summed E-state index contributed by atoms with van der Waals surface area (Å²) in [4.78, 5) is 25.4. The molecule has 19 heavy (non-hydrogen) atoms. The minimum Gasteiger partial charge on any atom is -0.335 e. The van der Waals surface area contributed by atoms with Gasteiger partial charge < -0.3 is 11.1 Å². The number of nitrogens with one attached hydrogen (secondary N) is 2. The third-order valence-electron chi connectivity index (χ3n) is 3.87. The zero-order valence-corrected chi connectivity index (χ0v) is 11.4. The van der Waals surface area contributed by atoms with Crippen molar-refractivity contribution in [2.24, 2.45) is 5.73 Å². The topological polar surface area (TPSA) is 87.5 Å². The molecule has 6 nitrogen and oxygen atoms in total. The average Bonchev–Trinajstić information content (AvgIpc) is 2.75. The Morgan fingerprint density at radius 1 is 1.16 bits per heavy atom. The minimum absolute atomic E-state index is 0.156. The van der Waals surface area contributed by atoms with Gasteiger partial charge in [-0.1, -0.05) is 19.3 Å². The summed E-state index contributed by atoms with van der Waals surface area (Å²) in [5.41, 5.74) is 5.77. The van der Waals surface area contributed by atoms with Crippen LogP contribution < -0.4 is 16.4 Å². The zero-order chi connectivity index (χ0) is 13.7. The van der Waals surface area contributed by atoms with Crippen LogP contribution in [0.3, 0.4) is 0 Å². The quantitative estimate of drug-likeness (QED) is 0.681. The lowest BCUT2D eigenvalue weighted by Crippen LogP contribution is -2.48. The highest BCUT2D eigenvalue weighted by atomic mass is 16.2. The van der Waals surface area contributed by atoms with Gasteiger partial charge >= 0.3 is 6.03 Å². The Morgan fingerprint density at radius 3 is 2.53 bits per heavy atom. The van der Waals surface area contributed by atoms with E-state index in [2.05, 4.69) is 10.6 Å². The number of urea groups is 1. The van der Waals surface area contributed by atoms with Crippen LogP contribution in [0.5, 0.6) is 0 Å². The maximum atomic E-state index is 11.7. The molecule has 0 spiro atoms. The Kier molecular flexibility index (Phi) is 5.15. The maximum absolute atomic E-state index is 11.7. The number of hydrogen-bond donors (Lipinski definition) is 3.